The number of likely N-dealkylation sites (tertiary alicyclic amines) is 1. The van der Waals surface area contributed by atoms with E-state index in [9.17, 15) is 18.3 Å². The molecule has 8 heteroatoms. The second-order valence-corrected chi connectivity index (χ2v) is 7.35. The molecule has 21 heavy (non-hydrogen) atoms. The third-order valence-corrected chi connectivity index (χ3v) is 6.00. The van der Waals surface area contributed by atoms with Crippen LogP contribution in [0.1, 0.15) is 19.8 Å². The van der Waals surface area contributed by atoms with Crippen LogP contribution < -0.4 is 5.73 Å². The predicted molar refractivity (Wildman–Crippen MR) is 76.2 cm³/mol. The number of aliphatic hydroxyl groups is 1. The van der Waals surface area contributed by atoms with Crippen LogP contribution >= 0.6 is 0 Å². The maximum Gasteiger partial charge on any atom is 0.315 e. The van der Waals surface area contributed by atoms with E-state index < -0.39 is 27.2 Å². The number of aromatic nitrogens is 1. The van der Waals surface area contributed by atoms with E-state index in [2.05, 4.69) is 4.98 Å². The highest BCUT2D eigenvalue weighted by molar-refractivity contribution is 7.92. The van der Waals surface area contributed by atoms with Crippen molar-refractivity contribution < 1.29 is 18.3 Å². The van der Waals surface area contributed by atoms with E-state index in [0.717, 1.165) is 0 Å². The Morgan fingerprint density at radius 2 is 2.14 bits per heavy atom. The van der Waals surface area contributed by atoms with Gasteiger partial charge in [0.25, 0.3) is 0 Å². The fourth-order valence-corrected chi connectivity index (χ4v) is 4.32. The summed E-state index contributed by atoms with van der Waals surface area (Å²) in [6.45, 7) is 1.69. The molecule has 2 amide bonds. The molecule has 0 aliphatic carbocycles. The quantitative estimate of drug-likeness (QED) is 0.806. The van der Waals surface area contributed by atoms with Gasteiger partial charge in [0.05, 0.1) is 11.4 Å². The van der Waals surface area contributed by atoms with Crippen LogP contribution in [-0.2, 0) is 9.84 Å². The van der Waals surface area contributed by atoms with Crippen molar-refractivity contribution in [3.63, 3.8) is 0 Å². The van der Waals surface area contributed by atoms with E-state index >= 15 is 0 Å². The zero-order valence-corrected chi connectivity index (χ0v) is 12.5. The van der Waals surface area contributed by atoms with E-state index in [-0.39, 0.29) is 24.0 Å². The van der Waals surface area contributed by atoms with Crippen molar-refractivity contribution in [1.82, 2.24) is 9.88 Å². The third kappa shape index (κ3) is 3.16. The molecule has 1 aromatic heterocycles. The van der Waals surface area contributed by atoms with Gasteiger partial charge in [-0.2, -0.15) is 0 Å². The first kappa shape index (κ1) is 15.7. The average Bonchev–Trinajstić information content (AvgIpc) is 2.59. The summed E-state index contributed by atoms with van der Waals surface area (Å²) in [5.41, 5.74) is 5.27. The zero-order valence-electron chi connectivity index (χ0n) is 11.7. The smallest absolute Gasteiger partial charge is 0.315 e. The van der Waals surface area contributed by atoms with Gasteiger partial charge in [-0.15, -0.1) is 0 Å². The number of amides is 2. The molecule has 1 fully saturated rings. The first-order valence-electron chi connectivity index (χ1n) is 6.73. The largest absolute Gasteiger partial charge is 0.390 e. The first-order valence-corrected chi connectivity index (χ1v) is 8.27. The zero-order chi connectivity index (χ0) is 15.6. The first-order chi connectivity index (χ1) is 9.84. The molecule has 0 bridgehead atoms. The summed E-state index contributed by atoms with van der Waals surface area (Å²) in [7, 11) is -3.75. The summed E-state index contributed by atoms with van der Waals surface area (Å²) in [4.78, 5) is 16.5. The van der Waals surface area contributed by atoms with Gasteiger partial charge in [-0.05, 0) is 31.9 Å². The molecular formula is C13H19N3O4S. The number of nitrogens with two attached hydrogens (primary N) is 1. The number of carbonyl (C=O) groups excluding carboxylic acids is 1. The van der Waals surface area contributed by atoms with Crippen LogP contribution in [0.15, 0.2) is 29.4 Å². The minimum atomic E-state index is -3.75. The van der Waals surface area contributed by atoms with Crippen LogP contribution in [0.25, 0.3) is 0 Å². The fourth-order valence-electron chi connectivity index (χ4n) is 2.59. The van der Waals surface area contributed by atoms with Gasteiger partial charge in [-0.1, -0.05) is 6.07 Å². The van der Waals surface area contributed by atoms with Crippen LogP contribution in [0.5, 0.6) is 0 Å². The standard InChI is InChI=1S/C13H19N3O4S/c1-9-5-6-11(10(17)8-16(9)13(14)18)21(19,20)12-4-2-3-7-15-12/h2-4,7,9-11,17H,5-6,8H2,1H3,(H2,14,18)/t9-,10?,11?/m1/s1. The Labute approximate surface area is 123 Å². The molecule has 3 atom stereocenters. The van der Waals surface area contributed by atoms with Gasteiger partial charge >= 0.3 is 6.03 Å². The maximum absolute atomic E-state index is 12.6. The fraction of sp³-hybridized carbons (Fsp3) is 0.538. The van der Waals surface area contributed by atoms with Crippen molar-refractivity contribution in [1.29, 1.82) is 0 Å². The molecule has 3 N–H and O–H groups in total. The number of primary amides is 1. The Morgan fingerprint density at radius 1 is 1.43 bits per heavy atom. The molecule has 0 saturated carbocycles. The van der Waals surface area contributed by atoms with Crippen LogP contribution in [-0.4, -0.2) is 53.4 Å². The highest BCUT2D eigenvalue weighted by Crippen LogP contribution is 2.26. The van der Waals surface area contributed by atoms with Crippen LogP contribution in [0, 0.1) is 0 Å². The molecule has 1 aliphatic heterocycles. The number of sulfone groups is 1. The summed E-state index contributed by atoms with van der Waals surface area (Å²) in [5, 5.41) is 9.18. The van der Waals surface area contributed by atoms with Crippen molar-refractivity contribution in [2.24, 2.45) is 5.73 Å². The van der Waals surface area contributed by atoms with Crippen molar-refractivity contribution in [3.8, 4) is 0 Å². The van der Waals surface area contributed by atoms with Gasteiger partial charge in [0.15, 0.2) is 5.03 Å². The maximum atomic E-state index is 12.6. The highest BCUT2D eigenvalue weighted by Gasteiger charge is 2.39. The number of pyridine rings is 1. The normalized spacial score (nSPS) is 27.1. The molecule has 1 aliphatic rings. The predicted octanol–water partition coefficient (Wildman–Crippen LogP) is 0.148. The van der Waals surface area contributed by atoms with Gasteiger partial charge in [0.2, 0.25) is 9.84 Å². The molecule has 0 radical (unpaired) electrons. The SMILES string of the molecule is C[C@@H]1CCC(S(=O)(=O)c2ccccn2)C(O)CN1C(N)=O. The number of urea groups is 1. The van der Waals surface area contributed by atoms with E-state index in [1.807, 2.05) is 0 Å². The molecule has 1 saturated heterocycles. The van der Waals surface area contributed by atoms with Crippen LogP contribution in [0.3, 0.4) is 0 Å². The minimum Gasteiger partial charge on any atom is -0.390 e. The van der Waals surface area contributed by atoms with Crippen LogP contribution in [0.4, 0.5) is 4.79 Å². The van der Waals surface area contributed by atoms with Crippen molar-refractivity contribution >= 4 is 15.9 Å². The molecule has 2 unspecified atom stereocenters. The summed E-state index contributed by atoms with van der Waals surface area (Å²) < 4.78 is 25.2. The lowest BCUT2D eigenvalue weighted by Gasteiger charge is -2.26. The lowest BCUT2D eigenvalue weighted by Crippen LogP contribution is -2.46. The topological polar surface area (TPSA) is 114 Å². The molecular weight excluding hydrogens is 294 g/mol. The second-order valence-electron chi connectivity index (χ2n) is 5.24. The second kappa shape index (κ2) is 5.98. The molecule has 7 nitrogen and oxygen atoms in total. The summed E-state index contributed by atoms with van der Waals surface area (Å²) in [6, 6.07) is 3.75. The van der Waals surface area contributed by atoms with Gasteiger partial charge in [-0.3, -0.25) is 0 Å². The molecule has 2 rings (SSSR count). The number of hydrogen-bond donors (Lipinski definition) is 2. The molecule has 0 aromatic carbocycles. The van der Waals surface area contributed by atoms with Crippen LogP contribution in [0.2, 0.25) is 0 Å². The van der Waals surface area contributed by atoms with E-state index in [0.29, 0.717) is 6.42 Å². The molecule has 116 valence electrons. The van der Waals surface area contributed by atoms with Gasteiger partial charge in [0.1, 0.15) is 0 Å². The number of β-amino-alcohol motifs (C(OH)–C–C–N with tert-alkyl or cyclic N) is 1. The van der Waals surface area contributed by atoms with E-state index in [1.165, 1.54) is 17.2 Å². The third-order valence-electron chi connectivity index (χ3n) is 3.82. The summed E-state index contributed by atoms with van der Waals surface area (Å²) in [5.74, 6) is 0. The van der Waals surface area contributed by atoms with E-state index in [1.54, 1.807) is 19.1 Å². The Balaban J connectivity index is 2.30. The number of aliphatic hydroxyl groups excluding tert-OH is 1. The number of nitrogens with zero attached hydrogens (tertiary/aromatic N) is 2. The molecule has 1 aromatic rings. The van der Waals surface area contributed by atoms with Gasteiger partial charge in [-0.25, -0.2) is 18.2 Å². The lowest BCUT2D eigenvalue weighted by atomic mass is 10.1. The minimum absolute atomic E-state index is 0.0609. The Kier molecular flexibility index (Phi) is 4.48. The number of rotatable bonds is 2. The van der Waals surface area contributed by atoms with Gasteiger partial charge in [0, 0.05) is 18.8 Å². The summed E-state index contributed by atoms with van der Waals surface area (Å²) in [6.07, 6.45) is 0.922. The number of hydrogen-bond acceptors (Lipinski definition) is 5. The Bertz CT molecular complexity index is 605. The molecule has 2 heterocycles. The highest BCUT2D eigenvalue weighted by atomic mass is 32.2. The average molecular weight is 313 g/mol. The number of carbonyl (C=O) groups is 1. The van der Waals surface area contributed by atoms with E-state index in [4.69, 9.17) is 5.73 Å². The van der Waals surface area contributed by atoms with Crippen molar-refractivity contribution in [2.75, 3.05) is 6.54 Å². The Morgan fingerprint density at radius 3 is 2.71 bits per heavy atom. The Hall–Kier alpha value is -1.67. The summed E-state index contributed by atoms with van der Waals surface area (Å²) >= 11 is 0. The van der Waals surface area contributed by atoms with Crippen molar-refractivity contribution in [3.05, 3.63) is 24.4 Å². The van der Waals surface area contributed by atoms with Gasteiger partial charge < -0.3 is 15.7 Å². The van der Waals surface area contributed by atoms with Crippen molar-refractivity contribution in [2.45, 2.75) is 42.2 Å². The monoisotopic (exact) mass is 313 g/mol. The lowest BCUT2D eigenvalue weighted by molar-refractivity contribution is 0.120. The molecule has 0 spiro atoms.